The van der Waals surface area contributed by atoms with E-state index in [9.17, 15) is 5.11 Å². The molecule has 4 rings (SSSR count). The van der Waals surface area contributed by atoms with Crippen LogP contribution in [0, 0.1) is 31.6 Å². The molecule has 0 saturated heterocycles. The molecule has 0 bridgehead atoms. The molecule has 3 heterocycles. The van der Waals surface area contributed by atoms with Crippen LogP contribution in [0.3, 0.4) is 0 Å². The number of aromatic nitrogens is 6. The van der Waals surface area contributed by atoms with Gasteiger partial charge in [0.1, 0.15) is 18.5 Å². The molecule has 1 aromatic carbocycles. The molecule has 0 spiro atoms. The molecule has 0 amide bonds. The molecule has 0 aliphatic carbocycles. The predicted octanol–water partition coefficient (Wildman–Crippen LogP) is 1.78. The first-order valence-electron chi connectivity index (χ1n) is 9.97. The fraction of sp³-hybridized carbons (Fsp3) is 0.261. The van der Waals surface area contributed by atoms with Crippen LogP contribution in [-0.2, 0) is 4.74 Å². The topological polar surface area (TPSA) is 147 Å². The summed E-state index contributed by atoms with van der Waals surface area (Å²) in [5.74, 6) is 6.95. The quantitative estimate of drug-likeness (QED) is 0.331. The number of aliphatic hydroxyl groups is 1. The zero-order chi connectivity index (χ0) is 24.9. The largest absolute Gasteiger partial charge is 0.462 e. The van der Waals surface area contributed by atoms with Crippen LogP contribution >= 0.6 is 0 Å². The van der Waals surface area contributed by atoms with Crippen LogP contribution in [0.15, 0.2) is 41.3 Å². The summed E-state index contributed by atoms with van der Waals surface area (Å²) in [6.07, 6.45) is 10.2. The average molecular weight is 463 g/mol. The molecule has 11 heteroatoms. The zero-order valence-electron chi connectivity index (χ0n) is 19.0. The minimum Gasteiger partial charge on any atom is -0.462 e. The van der Waals surface area contributed by atoms with Gasteiger partial charge in [0.2, 0.25) is 11.8 Å². The van der Waals surface area contributed by atoms with E-state index in [1.807, 2.05) is 18.2 Å². The van der Waals surface area contributed by atoms with E-state index in [-0.39, 0.29) is 5.95 Å². The van der Waals surface area contributed by atoms with Crippen molar-refractivity contribution in [3.8, 4) is 36.5 Å². The number of anilines is 1. The molecule has 0 fully saturated rings. The summed E-state index contributed by atoms with van der Waals surface area (Å²) in [6, 6.07) is 7.62. The van der Waals surface area contributed by atoms with E-state index in [4.69, 9.17) is 15.2 Å². The number of rotatable bonds is 5. The third kappa shape index (κ3) is 7.31. The maximum atomic E-state index is 9.36. The standard InChI is InChI=1S/C18H19N5O3.C3H4N2O.C2H2/c1-12(24)3-4-13-5-6-14-15(11-13)23(16-7-8-20-17(19)22-16)18(21-14)26-10-9-25-2;1-3-4-2-5-6-3;1-2/h5-8,11-12,24H,9-10H2,1-2H3,(H2,19,20,22);2H,1H3;1-2H/t12-;;/m1../s1. The second kappa shape index (κ2) is 13.2. The van der Waals surface area contributed by atoms with Gasteiger partial charge in [-0.25, -0.2) is 9.55 Å². The zero-order valence-corrected chi connectivity index (χ0v) is 19.0. The molecular formula is C23H25N7O4. The summed E-state index contributed by atoms with van der Waals surface area (Å²) in [7, 11) is 1.60. The lowest BCUT2D eigenvalue weighted by Crippen LogP contribution is -2.09. The monoisotopic (exact) mass is 463 g/mol. The second-order valence-electron chi connectivity index (χ2n) is 6.45. The van der Waals surface area contributed by atoms with E-state index in [0.29, 0.717) is 30.9 Å². The molecular weight excluding hydrogens is 438 g/mol. The molecule has 11 nitrogen and oxygen atoms in total. The fourth-order valence-corrected chi connectivity index (χ4v) is 2.57. The van der Waals surface area contributed by atoms with Crippen molar-refractivity contribution in [2.24, 2.45) is 0 Å². The third-order valence-corrected chi connectivity index (χ3v) is 3.93. The Balaban J connectivity index is 0.000000437. The van der Waals surface area contributed by atoms with Crippen LogP contribution < -0.4 is 10.5 Å². The maximum Gasteiger partial charge on any atom is 0.303 e. The van der Waals surface area contributed by atoms with E-state index in [2.05, 4.69) is 54.3 Å². The van der Waals surface area contributed by atoms with Crippen molar-refractivity contribution in [1.29, 1.82) is 0 Å². The van der Waals surface area contributed by atoms with Gasteiger partial charge in [0.05, 0.1) is 17.6 Å². The highest BCUT2D eigenvalue weighted by atomic mass is 16.5. The van der Waals surface area contributed by atoms with E-state index in [1.54, 1.807) is 37.8 Å². The van der Waals surface area contributed by atoms with Crippen LogP contribution in [-0.4, -0.2) is 61.2 Å². The summed E-state index contributed by atoms with van der Waals surface area (Å²) in [5, 5.41) is 12.7. The van der Waals surface area contributed by atoms with Gasteiger partial charge in [-0.15, -0.1) is 12.8 Å². The lowest BCUT2D eigenvalue weighted by molar-refractivity contribution is 0.140. The molecule has 1 atom stereocenters. The molecule has 3 aromatic heterocycles. The lowest BCUT2D eigenvalue weighted by atomic mass is 10.2. The van der Waals surface area contributed by atoms with Gasteiger partial charge in [0.25, 0.3) is 0 Å². The van der Waals surface area contributed by atoms with Crippen molar-refractivity contribution < 1.29 is 19.1 Å². The van der Waals surface area contributed by atoms with Crippen molar-refractivity contribution in [1.82, 2.24) is 29.7 Å². The third-order valence-electron chi connectivity index (χ3n) is 3.93. The molecule has 0 saturated carbocycles. The summed E-state index contributed by atoms with van der Waals surface area (Å²) < 4.78 is 17.0. The van der Waals surface area contributed by atoms with Gasteiger partial charge < -0.3 is 24.8 Å². The van der Waals surface area contributed by atoms with Crippen molar-refractivity contribution in [2.75, 3.05) is 26.1 Å². The van der Waals surface area contributed by atoms with Crippen LogP contribution in [0.5, 0.6) is 6.01 Å². The SMILES string of the molecule is C#C.COCCOc1nc2ccc(C#C[C@@H](C)O)cc2n1-c1ccnc(N)n1.Cc1ncno1. The van der Waals surface area contributed by atoms with Crippen molar-refractivity contribution >= 4 is 17.0 Å². The summed E-state index contributed by atoms with van der Waals surface area (Å²) in [6.45, 7) is 4.13. The first kappa shape index (κ1) is 25.8. The highest BCUT2D eigenvalue weighted by Gasteiger charge is 2.15. The number of benzene rings is 1. The molecule has 34 heavy (non-hydrogen) atoms. The molecule has 0 radical (unpaired) electrons. The number of nitrogens with two attached hydrogens (primary N) is 1. The first-order valence-corrected chi connectivity index (χ1v) is 9.97. The van der Waals surface area contributed by atoms with Gasteiger partial charge in [0, 0.05) is 31.9 Å². The van der Waals surface area contributed by atoms with Crippen LogP contribution in [0.1, 0.15) is 18.4 Å². The van der Waals surface area contributed by atoms with Crippen LogP contribution in [0.4, 0.5) is 5.95 Å². The number of aryl methyl sites for hydroxylation is 1. The molecule has 4 aromatic rings. The Morgan fingerprint density at radius 1 is 1.21 bits per heavy atom. The maximum absolute atomic E-state index is 9.36. The number of hydrogen-bond donors (Lipinski definition) is 2. The van der Waals surface area contributed by atoms with Crippen molar-refractivity contribution in [3.63, 3.8) is 0 Å². The predicted molar refractivity (Wildman–Crippen MR) is 126 cm³/mol. The lowest BCUT2D eigenvalue weighted by Gasteiger charge is -2.09. The van der Waals surface area contributed by atoms with Gasteiger partial charge in [-0.05, 0) is 25.1 Å². The Hall–Kier alpha value is -4.45. The summed E-state index contributed by atoms with van der Waals surface area (Å²) >= 11 is 0. The number of ether oxygens (including phenoxy) is 2. The number of hydrogen-bond acceptors (Lipinski definition) is 10. The number of imidazole rings is 1. The van der Waals surface area contributed by atoms with E-state index >= 15 is 0 Å². The first-order chi connectivity index (χ1) is 16.5. The number of fused-ring (bicyclic) bond motifs is 1. The molecule has 0 aliphatic heterocycles. The minimum atomic E-state index is -0.704. The Morgan fingerprint density at radius 3 is 2.59 bits per heavy atom. The van der Waals surface area contributed by atoms with E-state index in [1.165, 1.54) is 6.33 Å². The van der Waals surface area contributed by atoms with Crippen LogP contribution in [0.2, 0.25) is 0 Å². The Morgan fingerprint density at radius 2 is 2.00 bits per heavy atom. The number of terminal acetylenes is 1. The highest BCUT2D eigenvalue weighted by Crippen LogP contribution is 2.26. The fourth-order valence-electron chi connectivity index (χ4n) is 2.57. The van der Waals surface area contributed by atoms with Crippen LogP contribution in [0.25, 0.3) is 16.9 Å². The van der Waals surface area contributed by atoms with Crippen molar-refractivity contribution in [2.45, 2.75) is 20.0 Å². The molecule has 3 N–H and O–H groups in total. The number of methoxy groups -OCH3 is 1. The van der Waals surface area contributed by atoms with Gasteiger partial charge in [-0.2, -0.15) is 15.0 Å². The highest BCUT2D eigenvalue weighted by molar-refractivity contribution is 5.80. The van der Waals surface area contributed by atoms with Gasteiger partial charge in [-0.3, -0.25) is 0 Å². The van der Waals surface area contributed by atoms with E-state index < -0.39 is 6.10 Å². The normalized spacial score (nSPS) is 10.6. The number of nitrogens with zero attached hydrogens (tertiary/aromatic N) is 6. The average Bonchev–Trinajstić information content (AvgIpc) is 3.45. The summed E-state index contributed by atoms with van der Waals surface area (Å²) in [4.78, 5) is 16.3. The van der Waals surface area contributed by atoms with Gasteiger partial charge in [-0.1, -0.05) is 17.0 Å². The second-order valence-corrected chi connectivity index (χ2v) is 6.45. The van der Waals surface area contributed by atoms with Crippen molar-refractivity contribution in [3.05, 3.63) is 48.2 Å². The van der Waals surface area contributed by atoms with E-state index in [0.717, 1.165) is 16.6 Å². The minimum absolute atomic E-state index is 0.150. The summed E-state index contributed by atoms with van der Waals surface area (Å²) in [5.41, 5.74) is 7.94. The Kier molecular flexibility index (Phi) is 10.0. The number of aliphatic hydroxyl groups excluding tert-OH is 1. The van der Waals surface area contributed by atoms with Gasteiger partial charge in [0.15, 0.2) is 6.33 Å². The Bertz CT molecular complexity index is 1250. The number of nitrogen functional groups attached to an aromatic ring is 1. The smallest absolute Gasteiger partial charge is 0.303 e. The Labute approximate surface area is 197 Å². The molecule has 0 unspecified atom stereocenters. The molecule has 0 aliphatic rings. The van der Waals surface area contributed by atoms with Gasteiger partial charge >= 0.3 is 6.01 Å². The molecule has 176 valence electrons.